The van der Waals surface area contributed by atoms with Crippen molar-refractivity contribution in [1.29, 1.82) is 0 Å². The third kappa shape index (κ3) is 4.80. The van der Waals surface area contributed by atoms with E-state index in [1.54, 1.807) is 30.3 Å². The zero-order valence-electron chi connectivity index (χ0n) is 16.6. The van der Waals surface area contributed by atoms with Gasteiger partial charge in [0.2, 0.25) is 5.91 Å². The number of aromatic hydroxyl groups is 1. The van der Waals surface area contributed by atoms with Crippen LogP contribution in [-0.4, -0.2) is 35.5 Å². The van der Waals surface area contributed by atoms with E-state index in [9.17, 15) is 32.7 Å². The molecule has 1 atom stereocenters. The highest BCUT2D eigenvalue weighted by molar-refractivity contribution is 6.02. The maximum absolute atomic E-state index is 13.6. The molecule has 7 nitrogen and oxygen atoms in total. The second-order valence-electron chi connectivity index (χ2n) is 6.72. The Bertz CT molecular complexity index is 1220. The first-order chi connectivity index (χ1) is 15.2. The minimum Gasteiger partial charge on any atom is -0.506 e. The van der Waals surface area contributed by atoms with Gasteiger partial charge in [-0.25, -0.2) is 18.0 Å². The molecule has 0 radical (unpaired) electrons. The lowest BCUT2D eigenvalue weighted by Crippen LogP contribution is -2.40. The molecule has 3 aromatic carbocycles. The molecule has 0 aliphatic carbocycles. The molecule has 3 N–H and O–H groups in total. The summed E-state index contributed by atoms with van der Waals surface area (Å²) < 4.78 is 44.7. The molecule has 0 fully saturated rings. The molecular weight excluding hydrogens is 429 g/mol. The van der Waals surface area contributed by atoms with Crippen molar-refractivity contribution in [3.63, 3.8) is 0 Å². The summed E-state index contributed by atoms with van der Waals surface area (Å²) in [5, 5.41) is 15.6. The summed E-state index contributed by atoms with van der Waals surface area (Å²) in [6.07, 6.45) is -1.33. The topological polar surface area (TPSA) is 105 Å². The van der Waals surface area contributed by atoms with Gasteiger partial charge in [0.1, 0.15) is 11.3 Å². The highest BCUT2D eigenvalue weighted by Crippen LogP contribution is 2.29. The highest BCUT2D eigenvalue weighted by Gasteiger charge is 2.22. The van der Waals surface area contributed by atoms with Gasteiger partial charge in [-0.05, 0) is 30.5 Å². The standard InChI is InChI=1S/C22H17F3N2O5/c1-11(32-22(31)14-7-6-12-4-2-3-5-13(12)20(14)29)21(30)26-10-17(28)27-16-9-8-15(23)18(24)19(16)25/h2-9,11,29H,10H2,1H3,(H,26,30)(H,27,28). The van der Waals surface area contributed by atoms with E-state index >= 15 is 0 Å². The molecule has 32 heavy (non-hydrogen) atoms. The Kier molecular flexibility index (Phi) is 6.62. The Morgan fingerprint density at radius 1 is 1.00 bits per heavy atom. The van der Waals surface area contributed by atoms with Crippen LogP contribution in [-0.2, 0) is 14.3 Å². The van der Waals surface area contributed by atoms with Gasteiger partial charge in [-0.1, -0.05) is 30.3 Å². The number of nitrogens with one attached hydrogen (secondary N) is 2. The monoisotopic (exact) mass is 446 g/mol. The number of rotatable bonds is 6. The summed E-state index contributed by atoms with van der Waals surface area (Å²) in [4.78, 5) is 36.3. The Morgan fingerprint density at radius 2 is 1.72 bits per heavy atom. The van der Waals surface area contributed by atoms with Gasteiger partial charge in [0, 0.05) is 5.39 Å². The number of benzene rings is 3. The average molecular weight is 446 g/mol. The minimum absolute atomic E-state index is 0.144. The molecule has 3 aromatic rings. The summed E-state index contributed by atoms with van der Waals surface area (Å²) in [6.45, 7) is 0.596. The molecule has 166 valence electrons. The number of amides is 2. The molecule has 0 saturated heterocycles. The van der Waals surface area contributed by atoms with E-state index < -0.39 is 53.6 Å². The van der Waals surface area contributed by atoms with Crippen LogP contribution in [0.1, 0.15) is 17.3 Å². The summed E-state index contributed by atoms with van der Waals surface area (Å²) in [7, 11) is 0. The average Bonchev–Trinajstić information content (AvgIpc) is 2.78. The number of halogens is 3. The SMILES string of the molecule is CC(OC(=O)c1ccc2ccccc2c1O)C(=O)NCC(=O)Nc1ccc(F)c(F)c1F. The fourth-order valence-corrected chi connectivity index (χ4v) is 2.83. The van der Waals surface area contributed by atoms with Crippen LogP contribution in [0.4, 0.5) is 18.9 Å². The zero-order valence-corrected chi connectivity index (χ0v) is 16.6. The summed E-state index contributed by atoms with van der Waals surface area (Å²) in [6, 6.07) is 11.2. The maximum atomic E-state index is 13.6. The zero-order chi connectivity index (χ0) is 23.4. The summed E-state index contributed by atoms with van der Waals surface area (Å²) in [5.41, 5.74) is -0.746. The van der Waals surface area contributed by atoms with E-state index in [1.807, 2.05) is 5.32 Å². The predicted molar refractivity (Wildman–Crippen MR) is 108 cm³/mol. The van der Waals surface area contributed by atoms with Crippen molar-refractivity contribution in [1.82, 2.24) is 5.32 Å². The molecule has 1 unspecified atom stereocenters. The first-order valence-electron chi connectivity index (χ1n) is 9.31. The molecule has 0 bridgehead atoms. The smallest absolute Gasteiger partial charge is 0.342 e. The second-order valence-corrected chi connectivity index (χ2v) is 6.72. The van der Waals surface area contributed by atoms with Crippen LogP contribution in [0.25, 0.3) is 10.8 Å². The first-order valence-corrected chi connectivity index (χ1v) is 9.31. The molecule has 0 aliphatic rings. The van der Waals surface area contributed by atoms with Crippen LogP contribution in [0.15, 0.2) is 48.5 Å². The number of hydrogen-bond acceptors (Lipinski definition) is 5. The van der Waals surface area contributed by atoms with Crippen LogP contribution >= 0.6 is 0 Å². The lowest BCUT2D eigenvalue weighted by Gasteiger charge is -2.14. The van der Waals surface area contributed by atoms with Crippen molar-refractivity contribution in [3.05, 3.63) is 71.5 Å². The lowest BCUT2D eigenvalue weighted by molar-refractivity contribution is -0.130. The lowest BCUT2D eigenvalue weighted by atomic mass is 10.1. The number of carbonyl (C=O) groups excluding carboxylic acids is 3. The fraction of sp³-hybridized carbons (Fsp3) is 0.136. The molecule has 3 rings (SSSR count). The van der Waals surface area contributed by atoms with Crippen molar-refractivity contribution in [3.8, 4) is 5.75 Å². The van der Waals surface area contributed by atoms with Crippen LogP contribution in [0.3, 0.4) is 0 Å². The van der Waals surface area contributed by atoms with Crippen molar-refractivity contribution in [2.45, 2.75) is 13.0 Å². The molecule has 10 heteroatoms. The fourth-order valence-electron chi connectivity index (χ4n) is 2.83. The maximum Gasteiger partial charge on any atom is 0.342 e. The first kappa shape index (κ1) is 22.6. The molecular formula is C22H17F3N2O5. The number of carbonyl (C=O) groups is 3. The van der Waals surface area contributed by atoms with Crippen LogP contribution < -0.4 is 10.6 Å². The highest BCUT2D eigenvalue weighted by atomic mass is 19.2. The largest absolute Gasteiger partial charge is 0.506 e. The van der Waals surface area contributed by atoms with Crippen molar-refractivity contribution < 1.29 is 37.4 Å². The van der Waals surface area contributed by atoms with Crippen LogP contribution in [0, 0.1) is 17.5 Å². The van der Waals surface area contributed by atoms with Gasteiger partial charge in [0.25, 0.3) is 5.91 Å². The molecule has 0 aliphatic heterocycles. The summed E-state index contributed by atoms with van der Waals surface area (Å²) >= 11 is 0. The molecule has 0 spiro atoms. The third-order valence-electron chi connectivity index (χ3n) is 4.51. The summed E-state index contributed by atoms with van der Waals surface area (Å²) in [5.74, 6) is -7.76. The molecule has 2 amide bonds. The number of esters is 1. The van der Waals surface area contributed by atoms with Gasteiger partial charge < -0.3 is 20.5 Å². The van der Waals surface area contributed by atoms with Gasteiger partial charge in [0.15, 0.2) is 23.6 Å². The van der Waals surface area contributed by atoms with E-state index in [4.69, 9.17) is 4.74 Å². The Hall–Kier alpha value is -4.08. The van der Waals surface area contributed by atoms with Crippen LogP contribution in [0.5, 0.6) is 5.75 Å². The van der Waals surface area contributed by atoms with Gasteiger partial charge in [0.05, 0.1) is 12.2 Å². The van der Waals surface area contributed by atoms with Gasteiger partial charge in [-0.15, -0.1) is 0 Å². The van der Waals surface area contributed by atoms with E-state index in [2.05, 4.69) is 5.32 Å². The van der Waals surface area contributed by atoms with Crippen LogP contribution in [0.2, 0.25) is 0 Å². The van der Waals surface area contributed by atoms with Crippen molar-refractivity contribution >= 4 is 34.2 Å². The number of phenols is 1. The number of phenolic OH excluding ortho intramolecular Hbond substituents is 1. The number of hydrogen-bond donors (Lipinski definition) is 3. The van der Waals surface area contributed by atoms with E-state index in [0.717, 1.165) is 6.07 Å². The Labute approximate surface area is 179 Å². The van der Waals surface area contributed by atoms with E-state index in [0.29, 0.717) is 16.8 Å². The van der Waals surface area contributed by atoms with Gasteiger partial charge in [-0.2, -0.15) is 0 Å². The number of anilines is 1. The van der Waals surface area contributed by atoms with Crippen molar-refractivity contribution in [2.24, 2.45) is 0 Å². The second kappa shape index (κ2) is 9.38. The number of fused-ring (bicyclic) bond motifs is 1. The third-order valence-corrected chi connectivity index (χ3v) is 4.51. The Morgan fingerprint density at radius 3 is 2.47 bits per heavy atom. The number of ether oxygens (including phenoxy) is 1. The molecule has 0 saturated carbocycles. The van der Waals surface area contributed by atoms with Gasteiger partial charge >= 0.3 is 5.97 Å². The predicted octanol–water partition coefficient (Wildman–Crippen LogP) is 3.26. The van der Waals surface area contributed by atoms with E-state index in [1.165, 1.54) is 13.0 Å². The minimum atomic E-state index is -1.75. The van der Waals surface area contributed by atoms with Gasteiger partial charge in [-0.3, -0.25) is 9.59 Å². The quantitative estimate of drug-likeness (QED) is 0.398. The molecule has 0 aromatic heterocycles. The Balaban J connectivity index is 1.57. The normalized spacial score (nSPS) is 11.6. The van der Waals surface area contributed by atoms with E-state index in [-0.39, 0.29) is 11.3 Å². The molecule has 0 heterocycles. The van der Waals surface area contributed by atoms with Crippen molar-refractivity contribution in [2.75, 3.05) is 11.9 Å².